The molecule has 0 spiro atoms. The van der Waals surface area contributed by atoms with E-state index in [1.807, 2.05) is 24.3 Å². The summed E-state index contributed by atoms with van der Waals surface area (Å²) in [5.41, 5.74) is 4.02. The molecule has 0 bridgehead atoms. The minimum atomic E-state index is 0.120. The van der Waals surface area contributed by atoms with Gasteiger partial charge in [-0.25, -0.2) is 4.98 Å². The second-order valence-corrected chi connectivity index (χ2v) is 8.16. The Balaban J connectivity index is 1.41. The molecule has 0 aliphatic heterocycles. The van der Waals surface area contributed by atoms with Crippen molar-refractivity contribution >= 4 is 27.9 Å². The number of fused-ring (bicyclic) bond motifs is 1. The largest absolute Gasteiger partial charge is 0.326 e. The normalized spacial score (nSPS) is 15.4. The van der Waals surface area contributed by atoms with Crippen LogP contribution in [0.25, 0.3) is 16.2 Å². The first-order valence-electron chi connectivity index (χ1n) is 9.52. The van der Waals surface area contributed by atoms with E-state index in [4.69, 9.17) is 4.98 Å². The predicted octanol–water partition coefficient (Wildman–Crippen LogP) is 5.67. The van der Waals surface area contributed by atoms with E-state index in [0.717, 1.165) is 34.2 Å². The molecule has 4 rings (SSSR count). The summed E-state index contributed by atoms with van der Waals surface area (Å²) < 4.78 is 2.11. The highest BCUT2D eigenvalue weighted by atomic mass is 32.1. The number of thiazole rings is 1. The number of hydrogen-bond donors (Lipinski definition) is 1. The molecule has 0 atom stereocenters. The summed E-state index contributed by atoms with van der Waals surface area (Å²) in [7, 11) is 0. The number of rotatable bonds is 5. The molecule has 2 aromatic heterocycles. The monoisotopic (exact) mass is 367 g/mol. The molecule has 26 heavy (non-hydrogen) atoms. The van der Waals surface area contributed by atoms with Crippen molar-refractivity contribution in [3.63, 3.8) is 0 Å². The van der Waals surface area contributed by atoms with Crippen LogP contribution < -0.4 is 5.32 Å². The number of aryl methyl sites for hydroxylation is 1. The molecule has 1 aliphatic rings. The first kappa shape index (κ1) is 17.3. The van der Waals surface area contributed by atoms with Gasteiger partial charge in [0.05, 0.1) is 5.69 Å². The van der Waals surface area contributed by atoms with Crippen LogP contribution in [0, 0.1) is 12.8 Å². The maximum absolute atomic E-state index is 12.3. The van der Waals surface area contributed by atoms with Crippen molar-refractivity contribution in [2.24, 2.45) is 5.92 Å². The maximum Gasteiger partial charge on any atom is 0.224 e. The van der Waals surface area contributed by atoms with Crippen LogP contribution in [0.4, 0.5) is 5.69 Å². The van der Waals surface area contributed by atoms with Crippen molar-refractivity contribution in [2.45, 2.75) is 51.9 Å². The fourth-order valence-corrected chi connectivity index (χ4v) is 4.67. The highest BCUT2D eigenvalue weighted by Gasteiger charge is 2.15. The molecular formula is C21H25N3OS. The first-order valence-corrected chi connectivity index (χ1v) is 10.4. The SMILES string of the molecule is Cc1csc2nc(-c3cccc(NC(=O)CCC4CCCCC4)c3)cn12. The van der Waals surface area contributed by atoms with Gasteiger partial charge in [-0.2, -0.15) is 0 Å². The molecule has 3 aromatic rings. The summed E-state index contributed by atoms with van der Waals surface area (Å²) in [4.78, 5) is 18.0. The van der Waals surface area contributed by atoms with Gasteiger partial charge in [-0.05, 0) is 31.4 Å². The minimum Gasteiger partial charge on any atom is -0.326 e. The zero-order chi connectivity index (χ0) is 17.9. The summed E-state index contributed by atoms with van der Waals surface area (Å²) in [6.07, 6.45) is 10.3. The third-order valence-corrected chi connectivity index (χ3v) is 6.29. The number of imidazole rings is 1. The number of carbonyl (C=O) groups is 1. The zero-order valence-corrected chi connectivity index (χ0v) is 16.0. The lowest BCUT2D eigenvalue weighted by Crippen LogP contribution is -2.14. The molecule has 4 nitrogen and oxygen atoms in total. The van der Waals surface area contributed by atoms with E-state index in [2.05, 4.69) is 28.2 Å². The molecule has 5 heteroatoms. The molecule has 0 unspecified atom stereocenters. The van der Waals surface area contributed by atoms with Gasteiger partial charge in [0.25, 0.3) is 0 Å². The molecule has 1 aromatic carbocycles. The average Bonchev–Trinajstić information content (AvgIpc) is 3.23. The van der Waals surface area contributed by atoms with Gasteiger partial charge in [0.1, 0.15) is 0 Å². The zero-order valence-electron chi connectivity index (χ0n) is 15.2. The molecule has 1 fully saturated rings. The second kappa shape index (κ2) is 7.62. The van der Waals surface area contributed by atoms with Crippen molar-refractivity contribution in [3.8, 4) is 11.3 Å². The summed E-state index contributed by atoms with van der Waals surface area (Å²) >= 11 is 1.65. The van der Waals surface area contributed by atoms with Gasteiger partial charge in [0.2, 0.25) is 5.91 Å². The van der Waals surface area contributed by atoms with Gasteiger partial charge >= 0.3 is 0 Å². The summed E-state index contributed by atoms with van der Waals surface area (Å²) in [6, 6.07) is 7.98. The van der Waals surface area contributed by atoms with Gasteiger partial charge in [0, 0.05) is 34.9 Å². The molecule has 0 saturated heterocycles. The lowest BCUT2D eigenvalue weighted by Gasteiger charge is -2.21. The van der Waals surface area contributed by atoms with E-state index < -0.39 is 0 Å². The minimum absolute atomic E-state index is 0.120. The number of nitrogens with one attached hydrogen (secondary N) is 1. The smallest absolute Gasteiger partial charge is 0.224 e. The number of amides is 1. The van der Waals surface area contributed by atoms with E-state index in [-0.39, 0.29) is 5.91 Å². The van der Waals surface area contributed by atoms with Crippen LogP contribution in [-0.2, 0) is 4.79 Å². The molecule has 1 amide bonds. The summed E-state index contributed by atoms with van der Waals surface area (Å²) in [6.45, 7) is 2.08. The van der Waals surface area contributed by atoms with Gasteiger partial charge in [0.15, 0.2) is 4.96 Å². The number of carbonyl (C=O) groups excluding carboxylic acids is 1. The van der Waals surface area contributed by atoms with Crippen LogP contribution in [0.2, 0.25) is 0 Å². The number of aromatic nitrogens is 2. The van der Waals surface area contributed by atoms with Crippen molar-refractivity contribution in [1.29, 1.82) is 0 Å². The molecular weight excluding hydrogens is 342 g/mol. The van der Waals surface area contributed by atoms with Gasteiger partial charge in [-0.15, -0.1) is 11.3 Å². The van der Waals surface area contributed by atoms with Crippen molar-refractivity contribution in [1.82, 2.24) is 9.38 Å². The number of hydrogen-bond acceptors (Lipinski definition) is 3. The van der Waals surface area contributed by atoms with E-state index in [1.165, 1.54) is 37.8 Å². The molecule has 1 saturated carbocycles. The third kappa shape index (κ3) is 3.83. The van der Waals surface area contributed by atoms with Crippen LogP contribution >= 0.6 is 11.3 Å². The average molecular weight is 368 g/mol. The number of nitrogens with zero attached hydrogens (tertiary/aromatic N) is 2. The van der Waals surface area contributed by atoms with E-state index in [9.17, 15) is 4.79 Å². The highest BCUT2D eigenvalue weighted by molar-refractivity contribution is 7.15. The Kier molecular flexibility index (Phi) is 5.07. The topological polar surface area (TPSA) is 46.4 Å². The Labute approximate surface area is 158 Å². The predicted molar refractivity (Wildman–Crippen MR) is 108 cm³/mol. The fourth-order valence-electron chi connectivity index (χ4n) is 3.82. The maximum atomic E-state index is 12.3. The Morgan fingerprint density at radius 2 is 2.15 bits per heavy atom. The van der Waals surface area contributed by atoms with Crippen LogP contribution in [-0.4, -0.2) is 15.3 Å². The lowest BCUT2D eigenvalue weighted by atomic mass is 9.86. The van der Waals surface area contributed by atoms with Gasteiger partial charge in [-0.3, -0.25) is 9.20 Å². The molecule has 1 N–H and O–H groups in total. The number of benzene rings is 1. The van der Waals surface area contributed by atoms with E-state index in [1.54, 1.807) is 11.3 Å². The Morgan fingerprint density at radius 3 is 2.96 bits per heavy atom. The lowest BCUT2D eigenvalue weighted by molar-refractivity contribution is -0.116. The van der Waals surface area contributed by atoms with Crippen LogP contribution in [0.3, 0.4) is 0 Å². The van der Waals surface area contributed by atoms with Crippen LogP contribution in [0.5, 0.6) is 0 Å². The van der Waals surface area contributed by atoms with Crippen molar-refractivity contribution in [2.75, 3.05) is 5.32 Å². The fraction of sp³-hybridized carbons (Fsp3) is 0.429. The standard InChI is InChI=1S/C21H25N3OS/c1-15-14-26-21-23-19(13-24(15)21)17-8-5-9-18(12-17)22-20(25)11-10-16-6-3-2-4-7-16/h5,8-9,12-14,16H,2-4,6-7,10-11H2,1H3,(H,22,25). The highest BCUT2D eigenvalue weighted by Crippen LogP contribution is 2.28. The van der Waals surface area contributed by atoms with E-state index in [0.29, 0.717) is 6.42 Å². The van der Waals surface area contributed by atoms with Crippen LogP contribution in [0.15, 0.2) is 35.8 Å². The van der Waals surface area contributed by atoms with Gasteiger partial charge < -0.3 is 5.32 Å². The summed E-state index contributed by atoms with van der Waals surface area (Å²) in [5, 5.41) is 5.17. The van der Waals surface area contributed by atoms with Crippen LogP contribution in [0.1, 0.15) is 50.6 Å². The van der Waals surface area contributed by atoms with E-state index >= 15 is 0 Å². The quantitative estimate of drug-likeness (QED) is 0.631. The molecule has 136 valence electrons. The Bertz CT molecular complexity index is 905. The molecule has 2 heterocycles. The van der Waals surface area contributed by atoms with Crippen molar-refractivity contribution in [3.05, 3.63) is 41.5 Å². The molecule has 1 aliphatic carbocycles. The summed E-state index contributed by atoms with van der Waals surface area (Å²) in [5.74, 6) is 0.858. The Hall–Kier alpha value is -2.14. The second-order valence-electron chi connectivity index (χ2n) is 7.33. The number of anilines is 1. The Morgan fingerprint density at radius 1 is 1.31 bits per heavy atom. The van der Waals surface area contributed by atoms with Gasteiger partial charge in [-0.1, -0.05) is 44.2 Å². The molecule has 0 radical (unpaired) electrons. The third-order valence-electron chi connectivity index (χ3n) is 5.33. The van der Waals surface area contributed by atoms with Crippen molar-refractivity contribution < 1.29 is 4.79 Å². The first-order chi connectivity index (χ1) is 12.7.